The van der Waals surface area contributed by atoms with Gasteiger partial charge in [0.05, 0.1) is 4.92 Å². The Kier molecular flexibility index (Phi) is 6.24. The molecule has 1 amide bonds. The Morgan fingerprint density at radius 1 is 1.16 bits per heavy atom. The van der Waals surface area contributed by atoms with Crippen LogP contribution < -0.4 is 0 Å². The summed E-state index contributed by atoms with van der Waals surface area (Å²) < 4.78 is 5.42. The third-order valence-corrected chi connectivity index (χ3v) is 4.62. The highest BCUT2D eigenvalue weighted by molar-refractivity contribution is 7.17. The van der Waals surface area contributed by atoms with Crippen molar-refractivity contribution in [3.63, 3.8) is 0 Å². The van der Waals surface area contributed by atoms with E-state index in [2.05, 4.69) is 0 Å². The molecule has 7 nitrogen and oxygen atoms in total. The highest BCUT2D eigenvalue weighted by atomic mass is 32.1. The molecule has 25 heavy (non-hydrogen) atoms. The van der Waals surface area contributed by atoms with Crippen LogP contribution in [0.4, 0.5) is 5.00 Å². The molecule has 0 radical (unpaired) electrons. The maximum atomic E-state index is 12.7. The van der Waals surface area contributed by atoms with Gasteiger partial charge in [0, 0.05) is 24.7 Å². The van der Waals surface area contributed by atoms with E-state index in [1.807, 2.05) is 13.8 Å². The number of thiophene rings is 1. The van der Waals surface area contributed by atoms with Gasteiger partial charge in [0.2, 0.25) is 6.10 Å². The summed E-state index contributed by atoms with van der Waals surface area (Å²) in [6, 6.07) is 11.3. The molecule has 0 N–H and O–H groups in total. The number of rotatable bonds is 7. The van der Waals surface area contributed by atoms with Gasteiger partial charge in [-0.2, -0.15) is 0 Å². The smallest absolute Gasteiger partial charge is 0.349 e. The standard InChI is InChI=1S/C17H18N2O5S/c1-3-18(4-2)16(20)15(12-8-6-5-7-9-12)24-17(21)13-10-11-14(25-13)19(22)23/h5-11,15H,3-4H2,1-2H3/t15-/m1/s1. The number of benzene rings is 1. The zero-order chi connectivity index (χ0) is 18.4. The molecule has 8 heteroatoms. The number of nitro groups is 1. The van der Waals surface area contributed by atoms with Crippen LogP contribution in [0.1, 0.15) is 35.2 Å². The topological polar surface area (TPSA) is 89.8 Å². The molecule has 0 saturated heterocycles. The normalized spacial score (nSPS) is 11.6. The van der Waals surface area contributed by atoms with Crippen LogP contribution in [0.25, 0.3) is 0 Å². The summed E-state index contributed by atoms with van der Waals surface area (Å²) in [4.78, 5) is 36.9. The van der Waals surface area contributed by atoms with E-state index in [4.69, 9.17) is 4.74 Å². The minimum absolute atomic E-state index is 0.0833. The molecule has 2 rings (SSSR count). The fraction of sp³-hybridized carbons (Fsp3) is 0.294. The number of amides is 1. The van der Waals surface area contributed by atoms with Crippen LogP contribution in [0.15, 0.2) is 42.5 Å². The molecule has 1 aromatic heterocycles. The second-order valence-electron chi connectivity index (χ2n) is 5.10. The van der Waals surface area contributed by atoms with Crippen LogP contribution in [0, 0.1) is 10.1 Å². The lowest BCUT2D eigenvalue weighted by Gasteiger charge is -2.25. The van der Waals surface area contributed by atoms with Gasteiger partial charge in [0.25, 0.3) is 5.91 Å². The van der Waals surface area contributed by atoms with Crippen LogP contribution in [-0.2, 0) is 9.53 Å². The largest absolute Gasteiger partial charge is 0.443 e. The fourth-order valence-corrected chi connectivity index (χ4v) is 2.99. The molecule has 0 unspecified atom stereocenters. The molecular formula is C17H18N2O5S. The summed E-state index contributed by atoms with van der Waals surface area (Å²) in [6.45, 7) is 4.66. The maximum absolute atomic E-state index is 12.7. The van der Waals surface area contributed by atoms with E-state index < -0.39 is 17.0 Å². The number of carbonyl (C=O) groups excluding carboxylic acids is 2. The van der Waals surface area contributed by atoms with Crippen LogP contribution in [0.5, 0.6) is 0 Å². The molecule has 0 aliphatic heterocycles. The number of nitrogens with zero attached hydrogens (tertiary/aromatic N) is 2. The number of esters is 1. The quantitative estimate of drug-likeness (QED) is 0.428. The summed E-state index contributed by atoms with van der Waals surface area (Å²) >= 11 is 0.719. The molecule has 0 aliphatic carbocycles. The lowest BCUT2D eigenvalue weighted by Crippen LogP contribution is -2.36. The third kappa shape index (κ3) is 4.42. The zero-order valence-electron chi connectivity index (χ0n) is 13.9. The van der Waals surface area contributed by atoms with Gasteiger partial charge in [-0.05, 0) is 19.9 Å². The molecule has 1 heterocycles. The zero-order valence-corrected chi connectivity index (χ0v) is 14.7. The Balaban J connectivity index is 2.27. The Labute approximate surface area is 149 Å². The van der Waals surface area contributed by atoms with Crippen molar-refractivity contribution in [1.82, 2.24) is 4.90 Å². The number of likely N-dealkylation sites (N-methyl/N-ethyl adjacent to an activating group) is 1. The van der Waals surface area contributed by atoms with Gasteiger partial charge >= 0.3 is 11.0 Å². The van der Waals surface area contributed by atoms with E-state index in [9.17, 15) is 19.7 Å². The number of hydrogen-bond acceptors (Lipinski definition) is 6. The van der Waals surface area contributed by atoms with Crippen molar-refractivity contribution in [2.45, 2.75) is 20.0 Å². The Morgan fingerprint density at radius 2 is 1.80 bits per heavy atom. The molecule has 2 aromatic rings. The van der Waals surface area contributed by atoms with Gasteiger partial charge in [-0.25, -0.2) is 4.79 Å². The van der Waals surface area contributed by atoms with Crippen molar-refractivity contribution in [3.8, 4) is 0 Å². The average molecular weight is 362 g/mol. The molecule has 0 fully saturated rings. The van der Waals surface area contributed by atoms with E-state index in [-0.39, 0.29) is 15.8 Å². The summed E-state index contributed by atoms with van der Waals surface area (Å²) in [5.74, 6) is -1.08. The highest BCUT2D eigenvalue weighted by Gasteiger charge is 2.29. The van der Waals surface area contributed by atoms with Crippen LogP contribution in [0.3, 0.4) is 0 Å². The molecular weight excluding hydrogens is 344 g/mol. The summed E-state index contributed by atoms with van der Waals surface area (Å²) in [5, 5.41) is 10.6. The second-order valence-corrected chi connectivity index (χ2v) is 6.16. The van der Waals surface area contributed by atoms with E-state index in [0.717, 1.165) is 11.3 Å². The lowest BCUT2D eigenvalue weighted by atomic mass is 10.1. The first-order valence-corrected chi connectivity index (χ1v) is 8.58. The van der Waals surface area contributed by atoms with E-state index in [1.165, 1.54) is 12.1 Å². The summed E-state index contributed by atoms with van der Waals surface area (Å²) in [6.07, 6.45) is -1.09. The van der Waals surface area contributed by atoms with E-state index in [1.54, 1.807) is 35.2 Å². The Hall–Kier alpha value is -2.74. The number of ether oxygens (including phenoxy) is 1. The molecule has 1 aromatic carbocycles. The van der Waals surface area contributed by atoms with Crippen LogP contribution in [-0.4, -0.2) is 34.8 Å². The number of carbonyl (C=O) groups is 2. The Morgan fingerprint density at radius 3 is 2.32 bits per heavy atom. The predicted octanol–water partition coefficient (Wildman–Crippen LogP) is 3.42. The Bertz CT molecular complexity index is 755. The van der Waals surface area contributed by atoms with Gasteiger partial charge in [0.15, 0.2) is 0 Å². The minimum Gasteiger partial charge on any atom is -0.443 e. The molecule has 132 valence electrons. The van der Waals surface area contributed by atoms with E-state index >= 15 is 0 Å². The minimum atomic E-state index is -1.09. The van der Waals surface area contributed by atoms with Crippen molar-refractivity contribution in [3.05, 3.63) is 63.0 Å². The number of hydrogen-bond donors (Lipinski definition) is 0. The molecule has 1 atom stereocenters. The maximum Gasteiger partial charge on any atom is 0.349 e. The lowest BCUT2D eigenvalue weighted by molar-refractivity contribution is -0.380. The second kappa shape index (κ2) is 8.39. The highest BCUT2D eigenvalue weighted by Crippen LogP contribution is 2.27. The van der Waals surface area contributed by atoms with Gasteiger partial charge in [-0.3, -0.25) is 14.9 Å². The predicted molar refractivity (Wildman–Crippen MR) is 93.5 cm³/mol. The first-order valence-electron chi connectivity index (χ1n) is 7.76. The molecule has 0 aliphatic rings. The molecule has 0 saturated carbocycles. The van der Waals surface area contributed by atoms with Crippen LogP contribution >= 0.6 is 11.3 Å². The SMILES string of the molecule is CCN(CC)C(=O)[C@H](OC(=O)c1ccc([N+](=O)[O-])s1)c1ccccc1. The van der Waals surface area contributed by atoms with Crippen molar-refractivity contribution in [2.75, 3.05) is 13.1 Å². The fourth-order valence-electron chi connectivity index (χ4n) is 2.29. The molecule has 0 spiro atoms. The van der Waals surface area contributed by atoms with Gasteiger partial charge in [-0.1, -0.05) is 41.7 Å². The average Bonchev–Trinajstić information content (AvgIpc) is 3.11. The van der Waals surface area contributed by atoms with Gasteiger partial charge in [0.1, 0.15) is 4.88 Å². The first-order chi connectivity index (χ1) is 12.0. The van der Waals surface area contributed by atoms with Gasteiger partial charge < -0.3 is 9.64 Å². The monoisotopic (exact) mass is 362 g/mol. The summed E-state index contributed by atoms with van der Waals surface area (Å²) in [7, 11) is 0. The van der Waals surface area contributed by atoms with Crippen molar-refractivity contribution >= 4 is 28.2 Å². The van der Waals surface area contributed by atoms with Crippen LogP contribution in [0.2, 0.25) is 0 Å². The third-order valence-electron chi connectivity index (χ3n) is 3.60. The first kappa shape index (κ1) is 18.6. The van der Waals surface area contributed by atoms with Crippen molar-refractivity contribution in [2.24, 2.45) is 0 Å². The van der Waals surface area contributed by atoms with Crippen molar-refractivity contribution in [1.29, 1.82) is 0 Å². The van der Waals surface area contributed by atoms with Gasteiger partial charge in [-0.15, -0.1) is 0 Å². The van der Waals surface area contributed by atoms with Crippen molar-refractivity contribution < 1.29 is 19.2 Å². The van der Waals surface area contributed by atoms with E-state index in [0.29, 0.717) is 18.7 Å². The molecule has 0 bridgehead atoms. The summed E-state index contributed by atoms with van der Waals surface area (Å²) in [5.41, 5.74) is 0.554.